The SMILES string of the molecule is Cc1cc(-c2ccc(NC(=O)Nc3cc(Cl)ccc3CN)cc2)ccn1. The number of pyridine rings is 1. The Kier molecular flexibility index (Phi) is 5.51. The number of aromatic nitrogens is 1. The highest BCUT2D eigenvalue weighted by Crippen LogP contribution is 2.23. The lowest BCUT2D eigenvalue weighted by atomic mass is 10.1. The summed E-state index contributed by atoms with van der Waals surface area (Å²) in [7, 11) is 0. The second-order valence-corrected chi connectivity index (χ2v) is 6.28. The van der Waals surface area contributed by atoms with Crippen molar-refractivity contribution >= 4 is 29.0 Å². The Morgan fingerprint density at radius 1 is 1.04 bits per heavy atom. The van der Waals surface area contributed by atoms with Gasteiger partial charge < -0.3 is 16.4 Å². The van der Waals surface area contributed by atoms with E-state index in [2.05, 4.69) is 15.6 Å². The molecule has 3 aromatic rings. The van der Waals surface area contributed by atoms with Crippen LogP contribution in [-0.4, -0.2) is 11.0 Å². The molecule has 2 aromatic carbocycles. The number of hydrogen-bond acceptors (Lipinski definition) is 3. The molecule has 0 fully saturated rings. The number of anilines is 2. The van der Waals surface area contributed by atoms with Gasteiger partial charge in [-0.3, -0.25) is 4.98 Å². The van der Waals surface area contributed by atoms with Gasteiger partial charge in [0.15, 0.2) is 0 Å². The fourth-order valence-corrected chi connectivity index (χ4v) is 2.77. The highest BCUT2D eigenvalue weighted by atomic mass is 35.5. The molecule has 0 spiro atoms. The van der Waals surface area contributed by atoms with E-state index in [-0.39, 0.29) is 6.03 Å². The number of carbonyl (C=O) groups excluding carboxylic acids is 1. The molecule has 1 heterocycles. The number of urea groups is 1. The Hall–Kier alpha value is -2.89. The average Bonchev–Trinajstić information content (AvgIpc) is 2.62. The molecule has 26 heavy (non-hydrogen) atoms. The smallest absolute Gasteiger partial charge is 0.323 e. The van der Waals surface area contributed by atoms with Crippen molar-refractivity contribution in [1.82, 2.24) is 4.98 Å². The van der Waals surface area contributed by atoms with E-state index in [9.17, 15) is 4.79 Å². The maximum atomic E-state index is 12.2. The number of nitrogens with zero attached hydrogens (tertiary/aromatic N) is 1. The lowest BCUT2D eigenvalue weighted by molar-refractivity contribution is 0.262. The van der Waals surface area contributed by atoms with Crippen molar-refractivity contribution in [3.63, 3.8) is 0 Å². The molecule has 1 aromatic heterocycles. The van der Waals surface area contributed by atoms with Crippen molar-refractivity contribution in [2.45, 2.75) is 13.5 Å². The van der Waals surface area contributed by atoms with E-state index in [0.29, 0.717) is 22.9 Å². The molecular formula is C20H19ClN4O. The number of nitrogens with one attached hydrogen (secondary N) is 2. The minimum absolute atomic E-state index is 0.312. The van der Waals surface area contributed by atoms with Crippen molar-refractivity contribution in [1.29, 1.82) is 0 Å². The number of halogens is 1. The largest absolute Gasteiger partial charge is 0.326 e. The molecule has 0 aliphatic heterocycles. The van der Waals surface area contributed by atoms with E-state index < -0.39 is 0 Å². The number of rotatable bonds is 4. The summed E-state index contributed by atoms with van der Waals surface area (Å²) < 4.78 is 0. The molecule has 0 unspecified atom stereocenters. The third-order valence-electron chi connectivity index (χ3n) is 3.91. The molecule has 5 nitrogen and oxygen atoms in total. The fraction of sp³-hybridized carbons (Fsp3) is 0.100. The van der Waals surface area contributed by atoms with E-state index in [4.69, 9.17) is 17.3 Å². The van der Waals surface area contributed by atoms with Crippen LogP contribution in [0.25, 0.3) is 11.1 Å². The topological polar surface area (TPSA) is 80.0 Å². The summed E-state index contributed by atoms with van der Waals surface area (Å²) in [5.41, 5.74) is 10.9. The minimum Gasteiger partial charge on any atom is -0.326 e. The Labute approximate surface area is 157 Å². The second kappa shape index (κ2) is 7.99. The number of amides is 2. The van der Waals surface area contributed by atoms with Gasteiger partial charge in [0.25, 0.3) is 0 Å². The van der Waals surface area contributed by atoms with Crippen molar-refractivity contribution in [3.8, 4) is 11.1 Å². The van der Waals surface area contributed by atoms with Crippen LogP contribution < -0.4 is 16.4 Å². The molecule has 0 aliphatic rings. The van der Waals surface area contributed by atoms with Crippen molar-refractivity contribution in [3.05, 3.63) is 77.1 Å². The van der Waals surface area contributed by atoms with Crippen molar-refractivity contribution in [2.75, 3.05) is 10.6 Å². The molecule has 0 bridgehead atoms. The molecule has 6 heteroatoms. The summed E-state index contributed by atoms with van der Waals surface area (Å²) in [6, 6.07) is 16.4. The lowest BCUT2D eigenvalue weighted by Crippen LogP contribution is -2.20. The van der Waals surface area contributed by atoms with E-state index >= 15 is 0 Å². The average molecular weight is 367 g/mol. The summed E-state index contributed by atoms with van der Waals surface area (Å²) in [6.45, 7) is 2.27. The fourth-order valence-electron chi connectivity index (χ4n) is 2.60. The van der Waals surface area contributed by atoms with Crippen LogP contribution in [0.2, 0.25) is 5.02 Å². The highest BCUT2D eigenvalue weighted by molar-refractivity contribution is 6.31. The second-order valence-electron chi connectivity index (χ2n) is 5.85. The van der Waals surface area contributed by atoms with E-state index in [1.165, 1.54) is 0 Å². The predicted molar refractivity (Wildman–Crippen MR) is 106 cm³/mol. The van der Waals surface area contributed by atoms with Gasteiger partial charge in [0.2, 0.25) is 0 Å². The summed E-state index contributed by atoms with van der Waals surface area (Å²) >= 11 is 5.99. The Bertz CT molecular complexity index is 925. The molecule has 0 atom stereocenters. The standard InChI is InChI=1S/C20H19ClN4O/c1-13-10-15(8-9-23-13)14-3-6-18(7-4-14)24-20(26)25-19-11-17(21)5-2-16(19)12-22/h2-11H,12,22H2,1H3,(H2,24,25,26). The highest BCUT2D eigenvalue weighted by Gasteiger charge is 2.08. The first-order chi connectivity index (χ1) is 12.5. The summed E-state index contributed by atoms with van der Waals surface area (Å²) in [5.74, 6) is 0. The zero-order valence-electron chi connectivity index (χ0n) is 14.3. The van der Waals surface area contributed by atoms with E-state index in [0.717, 1.165) is 22.4 Å². The van der Waals surface area contributed by atoms with Gasteiger partial charge >= 0.3 is 6.03 Å². The van der Waals surface area contributed by atoms with Gasteiger partial charge in [-0.05, 0) is 60.0 Å². The predicted octanol–water partition coefficient (Wildman–Crippen LogP) is 4.81. The van der Waals surface area contributed by atoms with Gasteiger partial charge in [0.05, 0.1) is 0 Å². The lowest BCUT2D eigenvalue weighted by Gasteiger charge is -2.12. The van der Waals surface area contributed by atoms with Crippen LogP contribution in [-0.2, 0) is 6.54 Å². The number of benzene rings is 2. The van der Waals surface area contributed by atoms with Crippen molar-refractivity contribution in [2.24, 2.45) is 5.73 Å². The molecule has 132 valence electrons. The molecule has 0 aliphatic carbocycles. The first kappa shape index (κ1) is 17.9. The normalized spacial score (nSPS) is 10.4. The van der Waals surface area contributed by atoms with Gasteiger partial charge in [0, 0.05) is 34.8 Å². The number of nitrogens with two attached hydrogens (primary N) is 1. The molecular weight excluding hydrogens is 348 g/mol. The Morgan fingerprint density at radius 2 is 1.81 bits per heavy atom. The molecule has 4 N–H and O–H groups in total. The van der Waals surface area contributed by atoms with Crippen LogP contribution in [0.1, 0.15) is 11.3 Å². The quantitative estimate of drug-likeness (QED) is 0.619. The first-order valence-electron chi connectivity index (χ1n) is 8.15. The molecule has 3 rings (SSSR count). The molecule has 2 amide bonds. The van der Waals surface area contributed by atoms with Crippen LogP contribution in [0.3, 0.4) is 0 Å². The number of hydrogen-bond donors (Lipinski definition) is 3. The Balaban J connectivity index is 1.69. The van der Waals surface area contributed by atoms with Gasteiger partial charge in [-0.2, -0.15) is 0 Å². The Morgan fingerprint density at radius 3 is 2.50 bits per heavy atom. The van der Waals surface area contributed by atoms with Crippen LogP contribution in [0, 0.1) is 6.92 Å². The number of aryl methyl sites for hydroxylation is 1. The summed E-state index contributed by atoms with van der Waals surface area (Å²) in [6.07, 6.45) is 1.78. The van der Waals surface area contributed by atoms with Crippen LogP contribution in [0.4, 0.5) is 16.2 Å². The van der Waals surface area contributed by atoms with Gasteiger partial charge in [-0.25, -0.2) is 4.79 Å². The summed E-state index contributed by atoms with van der Waals surface area (Å²) in [4.78, 5) is 16.4. The monoisotopic (exact) mass is 366 g/mol. The minimum atomic E-state index is -0.352. The van der Waals surface area contributed by atoms with E-state index in [1.807, 2.05) is 43.3 Å². The third-order valence-corrected chi connectivity index (χ3v) is 4.15. The number of carbonyl (C=O) groups is 1. The molecule has 0 saturated heterocycles. The summed E-state index contributed by atoms with van der Waals surface area (Å²) in [5, 5.41) is 6.12. The zero-order valence-corrected chi connectivity index (χ0v) is 15.0. The van der Waals surface area contributed by atoms with Crippen LogP contribution in [0.15, 0.2) is 60.8 Å². The zero-order chi connectivity index (χ0) is 18.5. The molecule has 0 radical (unpaired) electrons. The maximum absolute atomic E-state index is 12.2. The maximum Gasteiger partial charge on any atom is 0.323 e. The first-order valence-corrected chi connectivity index (χ1v) is 8.52. The van der Waals surface area contributed by atoms with Crippen LogP contribution >= 0.6 is 11.6 Å². The van der Waals surface area contributed by atoms with E-state index in [1.54, 1.807) is 24.4 Å². The third kappa shape index (κ3) is 4.39. The van der Waals surface area contributed by atoms with Crippen molar-refractivity contribution < 1.29 is 4.79 Å². The van der Waals surface area contributed by atoms with Crippen LogP contribution in [0.5, 0.6) is 0 Å². The van der Waals surface area contributed by atoms with Gasteiger partial charge in [0.1, 0.15) is 0 Å². The van der Waals surface area contributed by atoms with Gasteiger partial charge in [-0.15, -0.1) is 0 Å². The molecule has 0 saturated carbocycles. The van der Waals surface area contributed by atoms with Gasteiger partial charge in [-0.1, -0.05) is 29.8 Å².